The number of aromatic nitrogens is 1. The molecule has 2 heterocycles. The lowest BCUT2D eigenvalue weighted by Gasteiger charge is -2.31. The summed E-state index contributed by atoms with van der Waals surface area (Å²) in [4.78, 5) is 16.6. The number of nitrogens with one attached hydrogen (secondary N) is 1. The van der Waals surface area contributed by atoms with E-state index in [1.807, 2.05) is 36.2 Å². The van der Waals surface area contributed by atoms with Crippen LogP contribution in [0.25, 0.3) is 10.9 Å². The Labute approximate surface area is 206 Å². The number of rotatable bonds is 9. The smallest absolute Gasteiger partial charge is 0.253 e. The molecular formula is C27H34ClN3OS. The van der Waals surface area contributed by atoms with Crippen LogP contribution in [0.15, 0.2) is 59.6 Å². The number of thioether (sulfide) groups is 1. The van der Waals surface area contributed by atoms with E-state index in [1.165, 1.54) is 17.7 Å². The zero-order valence-corrected chi connectivity index (χ0v) is 21.2. The van der Waals surface area contributed by atoms with Gasteiger partial charge in [-0.2, -0.15) is 0 Å². The van der Waals surface area contributed by atoms with Crippen molar-refractivity contribution in [3.63, 3.8) is 0 Å². The molecule has 1 aliphatic heterocycles. The van der Waals surface area contributed by atoms with E-state index in [4.69, 9.17) is 11.6 Å². The van der Waals surface area contributed by atoms with Crippen LogP contribution < -0.4 is 5.32 Å². The van der Waals surface area contributed by atoms with Gasteiger partial charge in [0.15, 0.2) is 0 Å². The van der Waals surface area contributed by atoms with Gasteiger partial charge in [0.05, 0.1) is 5.56 Å². The SMILES string of the molecule is CC(C)CNC(=O)c1cn(CCCN2CCC(Sc3ccc(Cl)cc3)CC2)c2ccccc12. The lowest BCUT2D eigenvalue weighted by Crippen LogP contribution is -2.35. The molecule has 3 aromatic rings. The number of piperidine rings is 1. The lowest BCUT2D eigenvalue weighted by molar-refractivity contribution is 0.0950. The fraction of sp³-hybridized carbons (Fsp3) is 0.444. The van der Waals surface area contributed by atoms with Crippen LogP contribution in [0, 0.1) is 5.92 Å². The van der Waals surface area contributed by atoms with Crippen LogP contribution in [0.3, 0.4) is 0 Å². The van der Waals surface area contributed by atoms with Crippen molar-refractivity contribution < 1.29 is 4.79 Å². The minimum Gasteiger partial charge on any atom is -0.352 e. The van der Waals surface area contributed by atoms with Crippen molar-refractivity contribution in [3.8, 4) is 0 Å². The first kappa shape index (κ1) is 24.2. The maximum Gasteiger partial charge on any atom is 0.253 e. The van der Waals surface area contributed by atoms with E-state index in [2.05, 4.69) is 59.0 Å². The predicted octanol–water partition coefficient (Wildman–Crippen LogP) is 6.33. The Bertz CT molecular complexity index is 1050. The van der Waals surface area contributed by atoms with Crippen LogP contribution in [-0.2, 0) is 6.54 Å². The zero-order valence-electron chi connectivity index (χ0n) is 19.6. The number of fused-ring (bicyclic) bond motifs is 1. The van der Waals surface area contributed by atoms with Gasteiger partial charge in [-0.15, -0.1) is 11.8 Å². The Morgan fingerprint density at radius 3 is 2.55 bits per heavy atom. The number of para-hydroxylation sites is 1. The van der Waals surface area contributed by atoms with E-state index in [0.29, 0.717) is 17.7 Å². The number of halogens is 1. The molecule has 4 rings (SSSR count). The van der Waals surface area contributed by atoms with Crippen molar-refractivity contribution in [1.29, 1.82) is 0 Å². The molecule has 0 radical (unpaired) electrons. The first-order chi connectivity index (χ1) is 16.0. The molecule has 1 N–H and O–H groups in total. The summed E-state index contributed by atoms with van der Waals surface area (Å²) in [5.74, 6) is 0.468. The molecule has 1 saturated heterocycles. The summed E-state index contributed by atoms with van der Waals surface area (Å²) in [6.07, 6.45) is 5.57. The zero-order chi connectivity index (χ0) is 23.2. The van der Waals surface area contributed by atoms with Gasteiger partial charge in [-0.3, -0.25) is 4.79 Å². The average Bonchev–Trinajstić information content (AvgIpc) is 3.19. The highest BCUT2D eigenvalue weighted by Crippen LogP contribution is 2.31. The third-order valence-electron chi connectivity index (χ3n) is 6.23. The summed E-state index contributed by atoms with van der Waals surface area (Å²) in [6, 6.07) is 16.4. The lowest BCUT2D eigenvalue weighted by atomic mass is 10.1. The molecule has 1 aromatic heterocycles. The Morgan fingerprint density at radius 2 is 1.82 bits per heavy atom. The molecule has 176 valence electrons. The molecule has 0 aliphatic carbocycles. The Kier molecular flexibility index (Phi) is 8.39. The van der Waals surface area contributed by atoms with Crippen LogP contribution in [0.1, 0.15) is 43.5 Å². The first-order valence-corrected chi connectivity index (χ1v) is 13.3. The normalized spacial score (nSPS) is 15.4. The molecule has 6 heteroatoms. The van der Waals surface area contributed by atoms with Crippen molar-refractivity contribution >= 4 is 40.2 Å². The fourth-order valence-electron chi connectivity index (χ4n) is 4.43. The van der Waals surface area contributed by atoms with Gasteiger partial charge < -0.3 is 14.8 Å². The molecule has 2 aromatic carbocycles. The third kappa shape index (κ3) is 6.56. The maximum absolute atomic E-state index is 12.7. The van der Waals surface area contributed by atoms with Crippen molar-refractivity contribution in [2.24, 2.45) is 5.92 Å². The average molecular weight is 484 g/mol. The first-order valence-electron chi connectivity index (χ1n) is 12.0. The summed E-state index contributed by atoms with van der Waals surface area (Å²) in [5, 5.41) is 5.59. The molecule has 1 fully saturated rings. The van der Waals surface area contributed by atoms with Gasteiger partial charge in [-0.25, -0.2) is 0 Å². The van der Waals surface area contributed by atoms with Gasteiger partial charge >= 0.3 is 0 Å². The van der Waals surface area contributed by atoms with Crippen LogP contribution >= 0.6 is 23.4 Å². The number of benzene rings is 2. The van der Waals surface area contributed by atoms with Crippen molar-refractivity contribution in [2.45, 2.75) is 49.8 Å². The second-order valence-electron chi connectivity index (χ2n) is 9.32. The number of hydrogen-bond acceptors (Lipinski definition) is 3. The predicted molar refractivity (Wildman–Crippen MR) is 140 cm³/mol. The minimum atomic E-state index is 0.0268. The summed E-state index contributed by atoms with van der Waals surface area (Å²) in [6.45, 7) is 9.26. The van der Waals surface area contributed by atoms with Crippen LogP contribution in [-0.4, -0.2) is 46.8 Å². The quantitative estimate of drug-likeness (QED) is 0.386. The second-order valence-corrected chi connectivity index (χ2v) is 11.1. The van der Waals surface area contributed by atoms with Crippen molar-refractivity contribution in [3.05, 3.63) is 65.3 Å². The standard InChI is InChI=1S/C27H34ClN3OS/c1-20(2)18-29-27(32)25-19-31(26-7-4-3-6-24(25)26)15-5-14-30-16-12-23(13-17-30)33-22-10-8-21(28)9-11-22/h3-4,6-11,19-20,23H,5,12-18H2,1-2H3,(H,29,32). The van der Waals surface area contributed by atoms with Gasteiger partial charge in [0, 0.05) is 45.4 Å². The number of nitrogens with zero attached hydrogens (tertiary/aromatic N) is 2. The monoisotopic (exact) mass is 483 g/mol. The Balaban J connectivity index is 1.28. The molecule has 0 bridgehead atoms. The Morgan fingerprint density at radius 1 is 1.09 bits per heavy atom. The summed E-state index contributed by atoms with van der Waals surface area (Å²) < 4.78 is 2.25. The maximum atomic E-state index is 12.7. The number of carbonyl (C=O) groups excluding carboxylic acids is 1. The highest BCUT2D eigenvalue weighted by Gasteiger charge is 2.20. The van der Waals surface area contributed by atoms with E-state index in [1.54, 1.807) is 0 Å². The second kappa shape index (κ2) is 11.5. The topological polar surface area (TPSA) is 37.3 Å². The number of aryl methyl sites for hydroxylation is 1. The molecule has 4 nitrogen and oxygen atoms in total. The van der Waals surface area contributed by atoms with E-state index in [-0.39, 0.29) is 5.91 Å². The minimum absolute atomic E-state index is 0.0268. The van der Waals surface area contributed by atoms with Crippen molar-refractivity contribution in [1.82, 2.24) is 14.8 Å². The number of likely N-dealkylation sites (tertiary alicyclic amines) is 1. The summed E-state index contributed by atoms with van der Waals surface area (Å²) in [5.41, 5.74) is 1.93. The highest BCUT2D eigenvalue weighted by atomic mass is 35.5. The summed E-state index contributed by atoms with van der Waals surface area (Å²) >= 11 is 7.98. The number of carbonyl (C=O) groups is 1. The van der Waals surface area contributed by atoms with E-state index < -0.39 is 0 Å². The molecule has 0 unspecified atom stereocenters. The largest absolute Gasteiger partial charge is 0.352 e. The van der Waals surface area contributed by atoms with E-state index >= 15 is 0 Å². The molecule has 0 atom stereocenters. The fourth-order valence-corrected chi connectivity index (χ4v) is 5.68. The van der Waals surface area contributed by atoms with Crippen LogP contribution in [0.4, 0.5) is 0 Å². The molecule has 1 amide bonds. The highest BCUT2D eigenvalue weighted by molar-refractivity contribution is 8.00. The van der Waals surface area contributed by atoms with Crippen molar-refractivity contribution in [2.75, 3.05) is 26.2 Å². The van der Waals surface area contributed by atoms with Gasteiger partial charge in [0.25, 0.3) is 5.91 Å². The van der Waals surface area contributed by atoms with Gasteiger partial charge in [0.2, 0.25) is 0 Å². The number of amides is 1. The third-order valence-corrected chi connectivity index (χ3v) is 7.83. The molecule has 0 saturated carbocycles. The van der Waals surface area contributed by atoms with E-state index in [9.17, 15) is 4.79 Å². The van der Waals surface area contributed by atoms with E-state index in [0.717, 1.165) is 54.1 Å². The van der Waals surface area contributed by atoms with Gasteiger partial charge in [-0.05, 0) is 75.1 Å². The molecule has 1 aliphatic rings. The molecule has 0 spiro atoms. The van der Waals surface area contributed by atoms with Gasteiger partial charge in [-0.1, -0.05) is 43.6 Å². The van der Waals surface area contributed by atoms with Gasteiger partial charge in [0.1, 0.15) is 0 Å². The molecular weight excluding hydrogens is 450 g/mol. The van der Waals surface area contributed by atoms with Crippen LogP contribution in [0.2, 0.25) is 5.02 Å². The Hall–Kier alpha value is -1.95. The number of hydrogen-bond donors (Lipinski definition) is 1. The molecule has 33 heavy (non-hydrogen) atoms. The summed E-state index contributed by atoms with van der Waals surface area (Å²) in [7, 11) is 0. The van der Waals surface area contributed by atoms with Crippen LogP contribution in [0.5, 0.6) is 0 Å².